The number of hydrogen-bond acceptors (Lipinski definition) is 4. The van der Waals surface area contributed by atoms with Crippen LogP contribution in [0, 0.1) is 23.4 Å². The van der Waals surface area contributed by atoms with E-state index in [1.54, 1.807) is 24.1 Å². The van der Waals surface area contributed by atoms with E-state index in [4.69, 9.17) is 4.74 Å². The predicted molar refractivity (Wildman–Crippen MR) is 110 cm³/mol. The second kappa shape index (κ2) is 9.28. The fourth-order valence-electron chi connectivity index (χ4n) is 4.14. The van der Waals surface area contributed by atoms with Gasteiger partial charge in [0.1, 0.15) is 11.6 Å². The van der Waals surface area contributed by atoms with E-state index in [0.717, 1.165) is 6.07 Å². The topological polar surface area (TPSA) is 53.0 Å². The van der Waals surface area contributed by atoms with Crippen molar-refractivity contribution in [1.82, 2.24) is 9.80 Å². The highest BCUT2D eigenvalue weighted by atomic mass is 19.2. The first-order chi connectivity index (χ1) is 14.6. The third kappa shape index (κ3) is 5.02. The average Bonchev–Trinajstić information content (AvgIpc) is 2.73. The molecule has 0 bridgehead atoms. The Labute approximate surface area is 180 Å². The maximum absolute atomic E-state index is 14.0. The quantitative estimate of drug-likeness (QED) is 0.708. The Hall–Kier alpha value is -2.58. The molecule has 0 aliphatic carbocycles. The van der Waals surface area contributed by atoms with Crippen LogP contribution in [0.25, 0.3) is 0 Å². The lowest BCUT2D eigenvalue weighted by atomic mass is 9.75. The number of aliphatic hydroxyl groups is 1. The number of ether oxygens (including phenoxy) is 1. The molecule has 1 saturated heterocycles. The van der Waals surface area contributed by atoms with E-state index < -0.39 is 29.0 Å². The van der Waals surface area contributed by atoms with Gasteiger partial charge in [0.2, 0.25) is 5.91 Å². The van der Waals surface area contributed by atoms with E-state index in [1.165, 1.54) is 0 Å². The molecule has 31 heavy (non-hydrogen) atoms. The number of hydrogen-bond donors (Lipinski definition) is 1. The summed E-state index contributed by atoms with van der Waals surface area (Å²) in [5.41, 5.74) is -0.665. The molecular weight excluding hydrogens is 409 g/mol. The van der Waals surface area contributed by atoms with Crippen molar-refractivity contribution in [3.05, 3.63) is 65.0 Å². The van der Waals surface area contributed by atoms with Gasteiger partial charge in [0.05, 0.1) is 19.1 Å². The largest absolute Gasteiger partial charge is 0.497 e. The van der Waals surface area contributed by atoms with E-state index in [2.05, 4.69) is 0 Å². The molecule has 2 aromatic carbocycles. The van der Waals surface area contributed by atoms with Crippen LogP contribution in [0.3, 0.4) is 0 Å². The molecule has 1 amide bonds. The van der Waals surface area contributed by atoms with Gasteiger partial charge in [-0.1, -0.05) is 12.1 Å². The summed E-state index contributed by atoms with van der Waals surface area (Å²) >= 11 is 0. The van der Waals surface area contributed by atoms with Gasteiger partial charge >= 0.3 is 0 Å². The number of amides is 1. The Morgan fingerprint density at radius 1 is 1.19 bits per heavy atom. The molecule has 168 valence electrons. The van der Waals surface area contributed by atoms with E-state index in [-0.39, 0.29) is 37.4 Å². The van der Waals surface area contributed by atoms with Crippen molar-refractivity contribution in [1.29, 1.82) is 0 Å². The van der Waals surface area contributed by atoms with Crippen LogP contribution in [0.5, 0.6) is 5.75 Å². The Kier molecular flexibility index (Phi) is 6.91. The number of methoxy groups -OCH3 is 1. The second-order valence-corrected chi connectivity index (χ2v) is 8.24. The zero-order valence-electron chi connectivity index (χ0n) is 17.9. The normalized spacial score (nSPS) is 21.4. The molecule has 0 unspecified atom stereocenters. The van der Waals surface area contributed by atoms with Crippen molar-refractivity contribution in [3.8, 4) is 5.75 Å². The molecule has 0 saturated carbocycles. The number of halogens is 3. The lowest BCUT2D eigenvalue weighted by Gasteiger charge is -2.46. The van der Waals surface area contributed by atoms with Gasteiger partial charge in [-0.15, -0.1) is 0 Å². The van der Waals surface area contributed by atoms with Gasteiger partial charge in [0, 0.05) is 37.2 Å². The SMILES string of the molecule is COc1cccc([C@]2(O)CCN(C(=O)Cc3cc(F)c(F)cc3F)C[C@H]2CN(C)C)c1. The summed E-state index contributed by atoms with van der Waals surface area (Å²) in [5.74, 6) is -3.53. The van der Waals surface area contributed by atoms with Crippen molar-refractivity contribution in [2.75, 3.05) is 40.8 Å². The van der Waals surface area contributed by atoms with Crippen molar-refractivity contribution in [2.24, 2.45) is 5.92 Å². The maximum Gasteiger partial charge on any atom is 0.227 e. The molecule has 1 heterocycles. The van der Waals surface area contributed by atoms with Crippen molar-refractivity contribution >= 4 is 5.91 Å². The summed E-state index contributed by atoms with van der Waals surface area (Å²) in [4.78, 5) is 16.3. The highest BCUT2D eigenvalue weighted by molar-refractivity contribution is 5.79. The van der Waals surface area contributed by atoms with E-state index in [9.17, 15) is 23.1 Å². The molecule has 3 rings (SSSR count). The number of benzene rings is 2. The Morgan fingerprint density at radius 2 is 1.90 bits per heavy atom. The number of carbonyl (C=O) groups excluding carboxylic acids is 1. The number of rotatable bonds is 6. The van der Waals surface area contributed by atoms with Crippen LogP contribution in [-0.2, 0) is 16.8 Å². The minimum Gasteiger partial charge on any atom is -0.497 e. The minimum absolute atomic E-state index is 0.193. The first-order valence-electron chi connectivity index (χ1n) is 10.1. The van der Waals surface area contributed by atoms with Crippen LogP contribution >= 0.6 is 0 Å². The fraction of sp³-hybridized carbons (Fsp3) is 0.435. The zero-order chi connectivity index (χ0) is 22.8. The van der Waals surface area contributed by atoms with Crippen molar-refractivity contribution < 1.29 is 27.8 Å². The summed E-state index contributed by atoms with van der Waals surface area (Å²) in [7, 11) is 5.31. The molecule has 1 aliphatic heterocycles. The number of carbonyl (C=O) groups is 1. The van der Waals surface area contributed by atoms with Crippen molar-refractivity contribution in [2.45, 2.75) is 18.4 Å². The molecule has 2 aromatic rings. The van der Waals surface area contributed by atoms with Gasteiger partial charge in [-0.25, -0.2) is 13.2 Å². The zero-order valence-corrected chi connectivity index (χ0v) is 17.9. The van der Waals surface area contributed by atoms with Crippen LogP contribution in [0.2, 0.25) is 0 Å². The third-order valence-electron chi connectivity index (χ3n) is 5.82. The van der Waals surface area contributed by atoms with E-state index in [0.29, 0.717) is 23.9 Å². The molecule has 8 heteroatoms. The molecule has 1 N–H and O–H groups in total. The van der Waals surface area contributed by atoms with Crippen LogP contribution in [0.4, 0.5) is 13.2 Å². The molecule has 1 fully saturated rings. The average molecular weight is 436 g/mol. The van der Waals surface area contributed by atoms with E-state index in [1.807, 2.05) is 31.1 Å². The molecule has 0 radical (unpaired) electrons. The third-order valence-corrected chi connectivity index (χ3v) is 5.82. The van der Waals surface area contributed by atoms with Crippen molar-refractivity contribution in [3.63, 3.8) is 0 Å². The highest BCUT2D eigenvalue weighted by Crippen LogP contribution is 2.39. The maximum atomic E-state index is 14.0. The summed E-state index contributed by atoms with van der Waals surface area (Å²) in [6, 6.07) is 8.39. The van der Waals surface area contributed by atoms with Crippen LogP contribution < -0.4 is 4.74 Å². The summed E-state index contributed by atoms with van der Waals surface area (Å²) < 4.78 is 45.9. The molecule has 1 aliphatic rings. The van der Waals surface area contributed by atoms with Crippen LogP contribution in [-0.4, -0.2) is 61.7 Å². The number of nitrogens with zero attached hydrogens (tertiary/aromatic N) is 2. The second-order valence-electron chi connectivity index (χ2n) is 8.24. The van der Waals surface area contributed by atoms with Gasteiger partial charge in [-0.2, -0.15) is 0 Å². The van der Waals surface area contributed by atoms with Gasteiger partial charge in [0.15, 0.2) is 11.6 Å². The highest BCUT2D eigenvalue weighted by Gasteiger charge is 2.44. The first-order valence-corrected chi connectivity index (χ1v) is 10.1. The van der Waals surface area contributed by atoms with E-state index >= 15 is 0 Å². The lowest BCUT2D eigenvalue weighted by Crippen LogP contribution is -2.54. The van der Waals surface area contributed by atoms with Crippen LogP contribution in [0.1, 0.15) is 17.5 Å². The number of piperidine rings is 1. The van der Waals surface area contributed by atoms with Gasteiger partial charge in [-0.05, 0) is 44.3 Å². The molecule has 0 aromatic heterocycles. The fourth-order valence-corrected chi connectivity index (χ4v) is 4.14. The Balaban J connectivity index is 1.82. The monoisotopic (exact) mass is 436 g/mol. The molecular formula is C23H27F3N2O3. The van der Waals surface area contributed by atoms with Gasteiger partial charge in [-0.3, -0.25) is 4.79 Å². The summed E-state index contributed by atoms with van der Waals surface area (Å²) in [6.07, 6.45) is -0.0972. The van der Waals surface area contributed by atoms with Gasteiger partial charge < -0.3 is 19.6 Å². The number of likely N-dealkylation sites (tertiary alicyclic amines) is 1. The lowest BCUT2D eigenvalue weighted by molar-refractivity contribution is -0.141. The smallest absolute Gasteiger partial charge is 0.227 e. The minimum atomic E-state index is -1.29. The predicted octanol–water partition coefficient (Wildman–Crippen LogP) is 2.95. The standard InChI is InChI=1S/C23H27F3N2O3/c1-27(2)13-17-14-28(22(29)10-15-9-20(25)21(26)12-19(15)24)8-7-23(17,30)16-5-4-6-18(11-16)31-3/h4-6,9,11-12,17,30H,7-8,10,13-14H2,1-3H3/t17-,23-/m1/s1. The Bertz CT molecular complexity index is 954. The Morgan fingerprint density at radius 3 is 2.58 bits per heavy atom. The summed E-state index contributed by atoms with van der Waals surface area (Å²) in [5, 5.41) is 11.6. The molecule has 5 nitrogen and oxygen atoms in total. The molecule has 2 atom stereocenters. The first kappa shape index (κ1) is 23.1. The van der Waals surface area contributed by atoms with Crippen LogP contribution in [0.15, 0.2) is 36.4 Å². The summed E-state index contributed by atoms with van der Waals surface area (Å²) in [6.45, 7) is 1.01. The molecule has 0 spiro atoms. The van der Waals surface area contributed by atoms with Gasteiger partial charge in [0.25, 0.3) is 0 Å².